The number of likely N-dealkylation sites (tertiary alicyclic amines) is 1. The number of carbonyl (C=O) groups excluding carboxylic acids is 1. The van der Waals surface area contributed by atoms with Gasteiger partial charge in [-0.1, -0.05) is 0 Å². The molecule has 1 saturated heterocycles. The summed E-state index contributed by atoms with van der Waals surface area (Å²) in [5, 5.41) is 0. The maximum absolute atomic E-state index is 12.5. The second-order valence-corrected chi connectivity index (χ2v) is 5.83. The normalized spacial score (nSPS) is 14.3. The third-order valence-electron chi connectivity index (χ3n) is 4.10. The van der Waals surface area contributed by atoms with Crippen LogP contribution in [-0.2, 0) is 0 Å². The van der Waals surface area contributed by atoms with E-state index in [0.717, 1.165) is 5.69 Å². The third-order valence-corrected chi connectivity index (χ3v) is 4.10. The van der Waals surface area contributed by atoms with E-state index in [1.807, 2.05) is 10.6 Å². The first-order chi connectivity index (χ1) is 12.1. The maximum atomic E-state index is 12.5. The van der Waals surface area contributed by atoms with Crippen LogP contribution in [0.15, 0.2) is 47.9 Å². The van der Waals surface area contributed by atoms with E-state index in [2.05, 4.69) is 19.9 Å². The Labute approximate surface area is 142 Å². The lowest BCUT2D eigenvalue weighted by atomic mass is 9.98. The highest BCUT2D eigenvalue weighted by molar-refractivity contribution is 5.93. The zero-order valence-electron chi connectivity index (χ0n) is 13.2. The molecule has 4 heterocycles. The topological polar surface area (TPSA) is 123 Å². The van der Waals surface area contributed by atoms with Crippen molar-refractivity contribution in [1.29, 1.82) is 0 Å². The maximum Gasteiger partial charge on any atom is 0.272 e. The van der Waals surface area contributed by atoms with Gasteiger partial charge >= 0.3 is 0 Å². The van der Waals surface area contributed by atoms with Crippen LogP contribution in [-0.4, -0.2) is 48.4 Å². The van der Waals surface area contributed by atoms with Crippen molar-refractivity contribution in [2.24, 2.45) is 0 Å². The highest BCUT2D eigenvalue weighted by Crippen LogP contribution is 2.25. The summed E-state index contributed by atoms with van der Waals surface area (Å²) in [5.74, 6) is 0.516. The van der Waals surface area contributed by atoms with Crippen LogP contribution < -0.4 is 11.3 Å². The lowest BCUT2D eigenvalue weighted by Crippen LogP contribution is -2.49. The van der Waals surface area contributed by atoms with Crippen LogP contribution in [0.4, 0.5) is 5.82 Å². The van der Waals surface area contributed by atoms with Gasteiger partial charge in [-0.25, -0.2) is 15.0 Å². The van der Waals surface area contributed by atoms with Crippen molar-refractivity contribution < 1.29 is 4.79 Å². The van der Waals surface area contributed by atoms with Gasteiger partial charge in [0.25, 0.3) is 11.5 Å². The minimum Gasteiger partial charge on any atom is -0.383 e. The van der Waals surface area contributed by atoms with Gasteiger partial charge in [0.15, 0.2) is 0 Å². The first kappa shape index (κ1) is 15.1. The van der Waals surface area contributed by atoms with Crippen molar-refractivity contribution in [3.05, 3.63) is 65.0 Å². The Hall–Kier alpha value is -3.49. The first-order valence-corrected chi connectivity index (χ1v) is 7.70. The van der Waals surface area contributed by atoms with Crippen molar-refractivity contribution in [2.45, 2.75) is 5.92 Å². The predicted octanol–water partition coefficient (Wildman–Crippen LogP) is 0.172. The first-order valence-electron chi connectivity index (χ1n) is 7.70. The molecule has 0 spiro atoms. The van der Waals surface area contributed by atoms with Gasteiger partial charge in [-0.05, 0) is 12.1 Å². The van der Waals surface area contributed by atoms with Crippen molar-refractivity contribution >= 4 is 11.7 Å². The molecule has 9 heteroatoms. The van der Waals surface area contributed by atoms with Crippen LogP contribution in [0.3, 0.4) is 0 Å². The Morgan fingerprint density at radius 2 is 2.16 bits per heavy atom. The number of H-pyrrole nitrogens is 1. The molecule has 3 aromatic rings. The van der Waals surface area contributed by atoms with Gasteiger partial charge in [0.05, 0.1) is 24.1 Å². The quantitative estimate of drug-likeness (QED) is 0.702. The van der Waals surface area contributed by atoms with Crippen molar-refractivity contribution in [1.82, 2.24) is 29.4 Å². The van der Waals surface area contributed by atoms with Crippen LogP contribution in [0.25, 0.3) is 5.69 Å². The number of hydrogen-bond acceptors (Lipinski definition) is 6. The number of carbonyl (C=O) groups is 1. The molecule has 25 heavy (non-hydrogen) atoms. The third kappa shape index (κ3) is 2.87. The number of nitrogens with one attached hydrogen (secondary N) is 1. The van der Waals surface area contributed by atoms with Gasteiger partial charge in [0, 0.05) is 31.5 Å². The molecule has 0 aliphatic carbocycles. The lowest BCUT2D eigenvalue weighted by molar-refractivity contribution is 0.0588. The van der Waals surface area contributed by atoms with E-state index in [-0.39, 0.29) is 23.2 Å². The van der Waals surface area contributed by atoms with E-state index in [1.165, 1.54) is 6.07 Å². The number of nitrogens with zero attached hydrogens (tertiary/aromatic N) is 5. The summed E-state index contributed by atoms with van der Waals surface area (Å²) in [4.78, 5) is 40.6. The molecule has 3 aromatic heterocycles. The van der Waals surface area contributed by atoms with E-state index in [9.17, 15) is 9.59 Å². The molecule has 3 N–H and O–H groups in total. The van der Waals surface area contributed by atoms with E-state index >= 15 is 0 Å². The fraction of sp³-hybridized carbons (Fsp3) is 0.188. The number of amides is 1. The molecule has 0 saturated carbocycles. The summed E-state index contributed by atoms with van der Waals surface area (Å²) >= 11 is 0. The molecule has 4 rings (SSSR count). The SMILES string of the molecule is Nc1cc(=O)[nH]c(C2CN(C(=O)c3ccc(-n4ccnc4)cn3)C2)n1. The molecule has 0 radical (unpaired) electrons. The summed E-state index contributed by atoms with van der Waals surface area (Å²) in [6, 6.07) is 4.73. The number of aromatic amines is 1. The monoisotopic (exact) mass is 337 g/mol. The van der Waals surface area contributed by atoms with E-state index in [1.54, 1.807) is 35.9 Å². The Bertz CT molecular complexity index is 957. The molecule has 1 aliphatic rings. The molecule has 9 nitrogen and oxygen atoms in total. The summed E-state index contributed by atoms with van der Waals surface area (Å²) in [7, 11) is 0. The molecule has 0 bridgehead atoms. The molecule has 1 amide bonds. The standard InChI is InChI=1S/C16H15N7O2/c17-13-5-14(24)21-15(20-13)10-7-23(8-10)16(25)12-2-1-11(6-19-12)22-4-3-18-9-22/h1-6,9-10H,7-8H2,(H3,17,20,21,24). The van der Waals surface area contributed by atoms with Crippen LogP contribution in [0.5, 0.6) is 0 Å². The van der Waals surface area contributed by atoms with E-state index < -0.39 is 0 Å². The second-order valence-electron chi connectivity index (χ2n) is 5.83. The molecule has 0 atom stereocenters. The van der Waals surface area contributed by atoms with Gasteiger partial charge in [-0.3, -0.25) is 9.59 Å². The van der Waals surface area contributed by atoms with Gasteiger partial charge in [0.2, 0.25) is 0 Å². The number of nitrogens with two attached hydrogens (primary N) is 1. The number of imidazole rings is 1. The van der Waals surface area contributed by atoms with E-state index in [4.69, 9.17) is 5.73 Å². The Morgan fingerprint density at radius 1 is 1.32 bits per heavy atom. The van der Waals surface area contributed by atoms with Crippen molar-refractivity contribution in [3.8, 4) is 5.69 Å². The Balaban J connectivity index is 1.44. The largest absolute Gasteiger partial charge is 0.383 e. The summed E-state index contributed by atoms with van der Waals surface area (Å²) in [6.45, 7) is 0.937. The summed E-state index contributed by atoms with van der Waals surface area (Å²) in [5.41, 5.74) is 6.50. The summed E-state index contributed by atoms with van der Waals surface area (Å²) < 4.78 is 1.81. The number of anilines is 1. The minimum absolute atomic E-state index is 0.0228. The Morgan fingerprint density at radius 3 is 2.80 bits per heavy atom. The van der Waals surface area contributed by atoms with Gasteiger partial charge in [-0.2, -0.15) is 0 Å². The van der Waals surface area contributed by atoms with Crippen molar-refractivity contribution in [2.75, 3.05) is 18.8 Å². The number of pyridine rings is 1. The zero-order valence-corrected chi connectivity index (χ0v) is 13.2. The van der Waals surface area contributed by atoms with Gasteiger partial charge in [0.1, 0.15) is 17.3 Å². The Kier molecular flexibility index (Phi) is 3.53. The molecule has 0 aromatic carbocycles. The highest BCUT2D eigenvalue weighted by atomic mass is 16.2. The second kappa shape index (κ2) is 5.86. The van der Waals surface area contributed by atoms with Crippen molar-refractivity contribution in [3.63, 3.8) is 0 Å². The van der Waals surface area contributed by atoms with E-state index in [0.29, 0.717) is 24.6 Å². The fourth-order valence-corrected chi connectivity index (χ4v) is 2.75. The number of nitrogen functional groups attached to an aromatic ring is 1. The van der Waals surface area contributed by atoms with Crippen LogP contribution >= 0.6 is 0 Å². The molecule has 1 fully saturated rings. The summed E-state index contributed by atoms with van der Waals surface area (Å²) in [6.07, 6.45) is 6.77. The highest BCUT2D eigenvalue weighted by Gasteiger charge is 2.34. The number of aromatic nitrogens is 5. The molecule has 1 aliphatic heterocycles. The minimum atomic E-state index is -0.288. The predicted molar refractivity (Wildman–Crippen MR) is 89.3 cm³/mol. The van der Waals surface area contributed by atoms with Crippen LogP contribution in [0.2, 0.25) is 0 Å². The average Bonchev–Trinajstić information content (AvgIpc) is 3.07. The van der Waals surface area contributed by atoms with Crippen LogP contribution in [0.1, 0.15) is 22.2 Å². The van der Waals surface area contributed by atoms with Gasteiger partial charge in [-0.15, -0.1) is 0 Å². The van der Waals surface area contributed by atoms with Gasteiger partial charge < -0.3 is 20.2 Å². The lowest BCUT2D eigenvalue weighted by Gasteiger charge is -2.38. The fourth-order valence-electron chi connectivity index (χ4n) is 2.75. The zero-order chi connectivity index (χ0) is 17.4. The molecule has 126 valence electrons. The average molecular weight is 337 g/mol. The molecule has 0 unspecified atom stereocenters. The number of hydrogen-bond donors (Lipinski definition) is 2. The van der Waals surface area contributed by atoms with Crippen LogP contribution in [0, 0.1) is 0 Å². The molecular formula is C16H15N7O2. The molecular weight excluding hydrogens is 322 g/mol. The number of rotatable bonds is 3. The smallest absolute Gasteiger partial charge is 0.272 e.